The van der Waals surface area contributed by atoms with E-state index in [4.69, 9.17) is 21.1 Å². The van der Waals surface area contributed by atoms with Gasteiger partial charge in [0.25, 0.3) is 0 Å². The van der Waals surface area contributed by atoms with Gasteiger partial charge in [-0.1, -0.05) is 24.6 Å². The highest BCUT2D eigenvalue weighted by molar-refractivity contribution is 6.31. The molecular weight excluding hydrogens is 428 g/mol. The lowest BCUT2D eigenvalue weighted by atomic mass is 10.2. The number of aromatic nitrogens is 2. The van der Waals surface area contributed by atoms with Gasteiger partial charge < -0.3 is 14.5 Å². The van der Waals surface area contributed by atoms with Crippen LogP contribution in [0.4, 0.5) is 17.6 Å². The van der Waals surface area contributed by atoms with Crippen LogP contribution in [0.5, 0.6) is 17.4 Å². The first-order valence-corrected chi connectivity index (χ1v) is 9.09. The molecule has 3 aromatic rings. The Labute approximate surface area is 173 Å². The molecule has 0 unspecified atom stereocenters. The summed E-state index contributed by atoms with van der Waals surface area (Å²) >= 11 is 5.56. The molecule has 158 valence electrons. The van der Waals surface area contributed by atoms with Gasteiger partial charge in [-0.3, -0.25) is 0 Å². The van der Waals surface area contributed by atoms with Crippen LogP contribution in [-0.2, 0) is 19.2 Å². The van der Waals surface area contributed by atoms with Gasteiger partial charge >= 0.3 is 11.9 Å². The molecule has 1 aromatic heterocycles. The molecule has 0 saturated heterocycles. The Bertz CT molecular complexity index is 1120. The molecule has 30 heavy (non-hydrogen) atoms. The minimum Gasteiger partial charge on any atom is -0.473 e. The van der Waals surface area contributed by atoms with Gasteiger partial charge in [0.2, 0.25) is 5.88 Å². The number of halogens is 5. The lowest BCUT2D eigenvalue weighted by Crippen LogP contribution is -2.14. The topological polar surface area (TPSA) is 64.2 Å². The number of alkyl halides is 3. The molecular formula is C20H15ClF4N2O3. The SMILES string of the molecule is CCc1cc(OCc2ccc(Oc3ccc(Cl)c(C(F)(F)F)c3)c(F)c2)nc(=O)[nH]1. The number of benzene rings is 2. The number of hydrogen-bond donors (Lipinski definition) is 1. The van der Waals surface area contributed by atoms with Crippen LogP contribution in [-0.4, -0.2) is 9.97 Å². The van der Waals surface area contributed by atoms with Crippen LogP contribution in [0.1, 0.15) is 23.7 Å². The van der Waals surface area contributed by atoms with Crippen LogP contribution in [0.2, 0.25) is 5.02 Å². The maximum absolute atomic E-state index is 14.4. The molecule has 0 aliphatic heterocycles. The Morgan fingerprint density at radius 1 is 1.13 bits per heavy atom. The second-order valence-electron chi connectivity index (χ2n) is 6.20. The van der Waals surface area contributed by atoms with Gasteiger partial charge in [-0.15, -0.1) is 0 Å². The lowest BCUT2D eigenvalue weighted by molar-refractivity contribution is -0.137. The van der Waals surface area contributed by atoms with E-state index in [-0.39, 0.29) is 24.0 Å². The summed E-state index contributed by atoms with van der Waals surface area (Å²) in [5.74, 6) is -1.18. The van der Waals surface area contributed by atoms with E-state index in [1.807, 2.05) is 6.92 Å². The molecule has 0 aliphatic carbocycles. The predicted octanol–water partition coefficient (Wildman–Crippen LogP) is 5.51. The fourth-order valence-corrected chi connectivity index (χ4v) is 2.76. The molecule has 3 rings (SSSR count). The van der Waals surface area contributed by atoms with E-state index >= 15 is 0 Å². The highest BCUT2D eigenvalue weighted by atomic mass is 35.5. The number of nitrogens with zero attached hydrogens (tertiary/aromatic N) is 1. The molecule has 0 fully saturated rings. The Hall–Kier alpha value is -3.07. The number of aryl methyl sites for hydroxylation is 1. The molecule has 1 N–H and O–H groups in total. The van der Waals surface area contributed by atoms with Gasteiger partial charge in [0.15, 0.2) is 11.6 Å². The van der Waals surface area contributed by atoms with Crippen molar-refractivity contribution in [2.75, 3.05) is 0 Å². The average Bonchev–Trinajstić information content (AvgIpc) is 2.68. The maximum Gasteiger partial charge on any atom is 0.417 e. The molecule has 5 nitrogen and oxygen atoms in total. The minimum atomic E-state index is -4.67. The van der Waals surface area contributed by atoms with E-state index < -0.39 is 28.3 Å². The molecule has 0 saturated carbocycles. The average molecular weight is 443 g/mol. The fraction of sp³-hybridized carbons (Fsp3) is 0.200. The second kappa shape index (κ2) is 8.74. The highest BCUT2D eigenvalue weighted by Crippen LogP contribution is 2.38. The third kappa shape index (κ3) is 5.29. The van der Waals surface area contributed by atoms with Crippen molar-refractivity contribution in [3.8, 4) is 17.4 Å². The molecule has 0 radical (unpaired) electrons. The van der Waals surface area contributed by atoms with Gasteiger partial charge in [-0.2, -0.15) is 18.2 Å². The Balaban J connectivity index is 1.73. The van der Waals surface area contributed by atoms with Crippen molar-refractivity contribution in [3.05, 3.63) is 80.6 Å². The van der Waals surface area contributed by atoms with Crippen molar-refractivity contribution in [1.82, 2.24) is 9.97 Å². The number of aromatic amines is 1. The first-order valence-electron chi connectivity index (χ1n) is 8.71. The molecule has 0 spiro atoms. The van der Waals surface area contributed by atoms with Gasteiger partial charge in [0, 0.05) is 11.8 Å². The van der Waals surface area contributed by atoms with E-state index in [0.717, 1.165) is 12.1 Å². The minimum absolute atomic E-state index is 0.0734. The van der Waals surface area contributed by atoms with Crippen molar-refractivity contribution in [1.29, 1.82) is 0 Å². The molecule has 0 bridgehead atoms. The first-order chi connectivity index (χ1) is 14.2. The number of H-pyrrole nitrogens is 1. The summed E-state index contributed by atoms with van der Waals surface area (Å²) in [4.78, 5) is 17.7. The zero-order chi connectivity index (χ0) is 21.9. The summed E-state index contributed by atoms with van der Waals surface area (Å²) in [6, 6.07) is 8.35. The van der Waals surface area contributed by atoms with E-state index in [9.17, 15) is 22.4 Å². The van der Waals surface area contributed by atoms with E-state index in [1.165, 1.54) is 18.2 Å². The third-order valence-electron chi connectivity index (χ3n) is 4.01. The zero-order valence-corrected chi connectivity index (χ0v) is 16.3. The largest absolute Gasteiger partial charge is 0.473 e. The molecule has 0 amide bonds. The quantitative estimate of drug-likeness (QED) is 0.511. The first kappa shape index (κ1) is 21.6. The van der Waals surface area contributed by atoms with Crippen LogP contribution >= 0.6 is 11.6 Å². The number of nitrogens with one attached hydrogen (secondary N) is 1. The summed E-state index contributed by atoms with van der Waals surface area (Å²) in [6.45, 7) is 1.78. The zero-order valence-electron chi connectivity index (χ0n) is 15.5. The van der Waals surface area contributed by atoms with Gasteiger partial charge in [-0.05, 0) is 42.3 Å². The predicted molar refractivity (Wildman–Crippen MR) is 101 cm³/mol. The maximum atomic E-state index is 14.4. The number of ether oxygens (including phenoxy) is 2. The van der Waals surface area contributed by atoms with Crippen LogP contribution in [0.3, 0.4) is 0 Å². The Morgan fingerprint density at radius 2 is 1.90 bits per heavy atom. The molecule has 0 atom stereocenters. The Morgan fingerprint density at radius 3 is 2.57 bits per heavy atom. The van der Waals surface area contributed by atoms with Gasteiger partial charge in [0.05, 0.1) is 10.6 Å². The second-order valence-corrected chi connectivity index (χ2v) is 6.61. The van der Waals surface area contributed by atoms with Crippen molar-refractivity contribution in [2.45, 2.75) is 26.1 Å². The molecule has 10 heteroatoms. The van der Waals surface area contributed by atoms with Gasteiger partial charge in [0.1, 0.15) is 12.4 Å². The molecule has 1 heterocycles. The van der Waals surface area contributed by atoms with Gasteiger partial charge in [-0.25, -0.2) is 9.18 Å². The summed E-state index contributed by atoms with van der Waals surface area (Å²) in [5, 5.41) is -0.484. The third-order valence-corrected chi connectivity index (χ3v) is 4.34. The van der Waals surface area contributed by atoms with Crippen molar-refractivity contribution >= 4 is 11.6 Å². The summed E-state index contributed by atoms with van der Waals surface area (Å²) in [5.41, 5.74) is -0.586. The Kier molecular flexibility index (Phi) is 6.31. The standard InChI is InChI=1S/C20H15ClF4N2O3/c1-2-12-8-18(27-19(28)26-12)29-10-11-3-6-17(16(22)7-11)30-13-4-5-15(21)14(9-13)20(23,24)25/h3-9H,2,10H2,1H3,(H,26,27,28). The van der Waals surface area contributed by atoms with Crippen molar-refractivity contribution in [2.24, 2.45) is 0 Å². The molecule has 2 aromatic carbocycles. The summed E-state index contributed by atoms with van der Waals surface area (Å²) < 4.78 is 63.8. The normalized spacial score (nSPS) is 11.4. The molecule has 0 aliphatic rings. The van der Waals surface area contributed by atoms with Crippen molar-refractivity contribution < 1.29 is 27.0 Å². The fourth-order valence-electron chi connectivity index (χ4n) is 2.53. The van der Waals surface area contributed by atoms with E-state index in [2.05, 4.69) is 9.97 Å². The van der Waals surface area contributed by atoms with E-state index in [0.29, 0.717) is 23.7 Å². The van der Waals surface area contributed by atoms with Crippen molar-refractivity contribution in [3.63, 3.8) is 0 Å². The summed E-state index contributed by atoms with van der Waals surface area (Å²) in [6.07, 6.45) is -4.09. The number of hydrogen-bond acceptors (Lipinski definition) is 4. The van der Waals surface area contributed by atoms with Crippen LogP contribution in [0.25, 0.3) is 0 Å². The van der Waals surface area contributed by atoms with E-state index in [1.54, 1.807) is 6.07 Å². The van der Waals surface area contributed by atoms with Crippen LogP contribution in [0, 0.1) is 5.82 Å². The van der Waals surface area contributed by atoms with Crippen LogP contribution < -0.4 is 15.2 Å². The monoisotopic (exact) mass is 442 g/mol. The highest BCUT2D eigenvalue weighted by Gasteiger charge is 2.33. The van der Waals surface area contributed by atoms with Crippen LogP contribution in [0.15, 0.2) is 47.3 Å². The number of rotatable bonds is 6. The smallest absolute Gasteiger partial charge is 0.417 e. The lowest BCUT2D eigenvalue weighted by Gasteiger charge is -2.13. The summed E-state index contributed by atoms with van der Waals surface area (Å²) in [7, 11) is 0.